The van der Waals surface area contributed by atoms with Crippen molar-refractivity contribution in [3.8, 4) is 6.07 Å². The molecule has 0 bridgehead atoms. The van der Waals surface area contributed by atoms with Gasteiger partial charge in [0.1, 0.15) is 12.3 Å². The molecule has 4 heteroatoms. The van der Waals surface area contributed by atoms with Gasteiger partial charge in [-0.15, -0.1) is 0 Å². The Morgan fingerprint density at radius 2 is 2.67 bits per heavy atom. The van der Waals surface area contributed by atoms with Crippen LogP contribution >= 0.6 is 0 Å². The minimum atomic E-state index is -0.723. The number of nitriles is 1. The van der Waals surface area contributed by atoms with Crippen molar-refractivity contribution in [3.63, 3.8) is 0 Å². The highest BCUT2D eigenvalue weighted by atomic mass is 16.5. The van der Waals surface area contributed by atoms with E-state index in [4.69, 9.17) is 5.26 Å². The fourth-order valence-electron chi connectivity index (χ4n) is 0.242. The predicted octanol–water partition coefficient (Wildman–Crippen LogP) is 0.737. The van der Waals surface area contributed by atoms with E-state index in [1.807, 2.05) is 0 Å². The van der Waals surface area contributed by atoms with Crippen LogP contribution in [0.3, 0.4) is 0 Å². The Hall–Kier alpha value is -1.37. The van der Waals surface area contributed by atoms with Crippen LogP contribution in [0.5, 0.6) is 0 Å². The average Bonchev–Trinajstić information content (AvgIpc) is 1.85. The van der Waals surface area contributed by atoms with E-state index >= 15 is 0 Å². The fourth-order valence-corrected chi connectivity index (χ4v) is 0.242. The van der Waals surface area contributed by atoms with Crippen molar-refractivity contribution in [2.75, 3.05) is 6.61 Å². The van der Waals surface area contributed by atoms with E-state index in [1.165, 1.54) is 0 Å². The standard InChI is InChI=1S/C5H6N2O2/c1-2-9-5(8)7-4-3-6/h4H,2H2,1H3. The van der Waals surface area contributed by atoms with Crippen molar-refractivity contribution in [2.24, 2.45) is 4.99 Å². The highest BCUT2D eigenvalue weighted by Crippen LogP contribution is 1.79. The van der Waals surface area contributed by atoms with Gasteiger partial charge in [0.2, 0.25) is 0 Å². The van der Waals surface area contributed by atoms with Gasteiger partial charge in [0, 0.05) is 0 Å². The number of nitrogens with zero attached hydrogens (tertiary/aromatic N) is 2. The normalized spacial score (nSPS) is 8.89. The van der Waals surface area contributed by atoms with Crippen LogP contribution in [-0.2, 0) is 4.74 Å². The van der Waals surface area contributed by atoms with Crippen molar-refractivity contribution >= 4 is 12.3 Å². The quantitative estimate of drug-likeness (QED) is 0.486. The molecule has 0 spiro atoms. The van der Waals surface area contributed by atoms with Gasteiger partial charge in [-0.25, -0.2) is 4.79 Å². The van der Waals surface area contributed by atoms with Crippen LogP contribution in [0.2, 0.25) is 0 Å². The summed E-state index contributed by atoms with van der Waals surface area (Å²) in [5.74, 6) is 0. The minimum Gasteiger partial charge on any atom is -0.448 e. The number of ether oxygens (including phenoxy) is 1. The van der Waals surface area contributed by atoms with Crippen LogP contribution in [0.15, 0.2) is 4.99 Å². The van der Waals surface area contributed by atoms with Gasteiger partial charge in [-0.2, -0.15) is 10.3 Å². The van der Waals surface area contributed by atoms with Crippen molar-refractivity contribution in [3.05, 3.63) is 0 Å². The molecule has 0 aromatic carbocycles. The first-order valence-corrected chi connectivity index (χ1v) is 2.40. The van der Waals surface area contributed by atoms with E-state index in [0.29, 0.717) is 0 Å². The molecule has 0 aliphatic carbocycles. The zero-order chi connectivity index (χ0) is 7.11. The zero-order valence-corrected chi connectivity index (χ0v) is 5.00. The van der Waals surface area contributed by atoms with Crippen molar-refractivity contribution in [2.45, 2.75) is 6.92 Å². The molecule has 0 aliphatic heterocycles. The van der Waals surface area contributed by atoms with Crippen molar-refractivity contribution in [1.82, 2.24) is 0 Å². The first-order valence-electron chi connectivity index (χ1n) is 2.40. The topological polar surface area (TPSA) is 62.4 Å². The third-order valence-electron chi connectivity index (χ3n) is 0.496. The highest BCUT2D eigenvalue weighted by molar-refractivity contribution is 5.86. The summed E-state index contributed by atoms with van der Waals surface area (Å²) in [6.45, 7) is 1.95. The van der Waals surface area contributed by atoms with E-state index in [-0.39, 0.29) is 6.61 Å². The summed E-state index contributed by atoms with van der Waals surface area (Å²) in [5, 5.41) is 7.88. The lowest BCUT2D eigenvalue weighted by molar-refractivity contribution is 0.164. The number of hydrogen-bond donors (Lipinski definition) is 0. The van der Waals surface area contributed by atoms with Crippen LogP contribution in [0.4, 0.5) is 4.79 Å². The van der Waals surface area contributed by atoms with Crippen molar-refractivity contribution < 1.29 is 9.53 Å². The molecular formula is C5H6N2O2. The van der Waals surface area contributed by atoms with Gasteiger partial charge in [-0.05, 0) is 6.92 Å². The third kappa shape index (κ3) is 4.48. The van der Waals surface area contributed by atoms with Crippen LogP contribution in [0, 0.1) is 11.3 Å². The van der Waals surface area contributed by atoms with Gasteiger partial charge in [0.25, 0.3) is 0 Å². The maximum atomic E-state index is 10.2. The molecule has 0 heterocycles. The molecular weight excluding hydrogens is 120 g/mol. The van der Waals surface area contributed by atoms with Crippen LogP contribution < -0.4 is 0 Å². The number of rotatable bonds is 1. The van der Waals surface area contributed by atoms with Crippen LogP contribution in [0.1, 0.15) is 6.92 Å². The highest BCUT2D eigenvalue weighted by Gasteiger charge is 1.91. The third-order valence-corrected chi connectivity index (χ3v) is 0.496. The molecule has 0 aromatic heterocycles. The first-order chi connectivity index (χ1) is 4.31. The molecule has 0 N–H and O–H groups in total. The lowest BCUT2D eigenvalue weighted by Crippen LogP contribution is -1.96. The Kier molecular flexibility index (Phi) is 4.05. The van der Waals surface area contributed by atoms with Gasteiger partial charge in [-0.1, -0.05) is 0 Å². The predicted molar refractivity (Wildman–Crippen MR) is 31.1 cm³/mol. The second-order valence-corrected chi connectivity index (χ2v) is 1.09. The molecule has 0 saturated carbocycles. The second-order valence-electron chi connectivity index (χ2n) is 1.09. The number of hydrogen-bond acceptors (Lipinski definition) is 3. The van der Waals surface area contributed by atoms with Gasteiger partial charge in [-0.3, -0.25) is 0 Å². The SMILES string of the molecule is CCOC(=O)N=CC#N. The summed E-state index contributed by atoms with van der Waals surface area (Å²) in [6, 6.07) is 1.56. The van der Waals surface area contributed by atoms with E-state index in [2.05, 4.69) is 9.73 Å². The Morgan fingerprint density at radius 1 is 2.00 bits per heavy atom. The summed E-state index contributed by atoms with van der Waals surface area (Å²) >= 11 is 0. The molecule has 0 rings (SSSR count). The van der Waals surface area contributed by atoms with E-state index in [9.17, 15) is 4.79 Å². The molecule has 9 heavy (non-hydrogen) atoms. The maximum absolute atomic E-state index is 10.2. The molecule has 0 radical (unpaired) electrons. The van der Waals surface area contributed by atoms with E-state index in [0.717, 1.165) is 6.21 Å². The van der Waals surface area contributed by atoms with E-state index in [1.54, 1.807) is 13.0 Å². The summed E-state index contributed by atoms with van der Waals surface area (Å²) in [4.78, 5) is 13.3. The van der Waals surface area contributed by atoms with Gasteiger partial charge in [0.15, 0.2) is 0 Å². The Labute approximate surface area is 52.8 Å². The average molecular weight is 126 g/mol. The Morgan fingerprint density at radius 3 is 3.11 bits per heavy atom. The summed E-state index contributed by atoms with van der Waals surface area (Å²) in [6.07, 6.45) is 0.108. The molecule has 0 atom stereocenters. The van der Waals surface area contributed by atoms with Crippen molar-refractivity contribution in [1.29, 1.82) is 5.26 Å². The Bertz CT molecular complexity index is 157. The van der Waals surface area contributed by atoms with Gasteiger partial charge in [0.05, 0.1) is 6.61 Å². The number of amides is 1. The summed E-state index contributed by atoms with van der Waals surface area (Å²) in [7, 11) is 0. The van der Waals surface area contributed by atoms with Gasteiger partial charge >= 0.3 is 6.09 Å². The summed E-state index contributed by atoms with van der Waals surface area (Å²) < 4.78 is 4.36. The first kappa shape index (κ1) is 7.63. The van der Waals surface area contributed by atoms with Gasteiger partial charge < -0.3 is 4.74 Å². The molecule has 4 nitrogen and oxygen atoms in total. The number of aliphatic imine (C=N–C) groups is 1. The lowest BCUT2D eigenvalue weighted by atomic mass is 10.8. The smallest absolute Gasteiger partial charge is 0.434 e. The molecule has 0 saturated heterocycles. The minimum absolute atomic E-state index is 0.279. The molecule has 0 aliphatic rings. The number of carbonyl (C=O) groups is 1. The Balaban J connectivity index is 3.53. The fraction of sp³-hybridized carbons (Fsp3) is 0.400. The van der Waals surface area contributed by atoms with Crippen LogP contribution in [0.25, 0.3) is 0 Å². The molecule has 48 valence electrons. The largest absolute Gasteiger partial charge is 0.448 e. The monoisotopic (exact) mass is 126 g/mol. The molecule has 0 aromatic rings. The second kappa shape index (κ2) is 4.78. The molecule has 0 unspecified atom stereocenters. The number of carbonyl (C=O) groups excluding carboxylic acids is 1. The zero-order valence-electron chi connectivity index (χ0n) is 5.00. The van der Waals surface area contributed by atoms with Crippen LogP contribution in [-0.4, -0.2) is 18.9 Å². The molecule has 1 amide bonds. The lowest BCUT2D eigenvalue weighted by Gasteiger charge is -1.90. The maximum Gasteiger partial charge on any atom is 0.434 e. The van der Waals surface area contributed by atoms with E-state index < -0.39 is 6.09 Å². The molecule has 0 fully saturated rings. The summed E-state index contributed by atoms with van der Waals surface area (Å²) in [5.41, 5.74) is 0.